The fourth-order valence-electron chi connectivity index (χ4n) is 1.86. The van der Waals surface area contributed by atoms with Crippen molar-refractivity contribution in [2.75, 3.05) is 13.7 Å². The lowest BCUT2D eigenvalue weighted by Gasteiger charge is -2.36. The Morgan fingerprint density at radius 1 is 1.50 bits per heavy atom. The highest BCUT2D eigenvalue weighted by Crippen LogP contribution is 2.26. The number of methoxy groups -OCH3 is 1. The number of hydrogen-bond donors (Lipinski definition) is 1. The average Bonchev–Trinajstić information content (AvgIpc) is 2.00. The van der Waals surface area contributed by atoms with Gasteiger partial charge in [-0.3, -0.25) is 0 Å². The van der Waals surface area contributed by atoms with Gasteiger partial charge in [0.2, 0.25) is 0 Å². The fraction of sp³-hybridized carbons (Fsp3) is 1.00. The van der Waals surface area contributed by atoms with Crippen molar-refractivity contribution in [1.29, 1.82) is 0 Å². The van der Waals surface area contributed by atoms with Gasteiger partial charge >= 0.3 is 0 Å². The second kappa shape index (κ2) is 4.83. The molecule has 0 aromatic carbocycles. The smallest absolute Gasteiger partial charge is 0.0615 e. The summed E-state index contributed by atoms with van der Waals surface area (Å²) in [5.74, 6) is 0.933. The van der Waals surface area contributed by atoms with Gasteiger partial charge in [0.05, 0.1) is 6.61 Å². The topological polar surface area (TPSA) is 21.3 Å². The third-order valence-electron chi connectivity index (χ3n) is 2.71. The summed E-state index contributed by atoms with van der Waals surface area (Å²) in [6.45, 7) is 5.37. The van der Waals surface area contributed by atoms with Crippen LogP contribution in [0.15, 0.2) is 0 Å². The molecule has 0 aromatic heterocycles. The van der Waals surface area contributed by atoms with E-state index in [1.165, 1.54) is 19.3 Å². The maximum Gasteiger partial charge on any atom is 0.0615 e. The summed E-state index contributed by atoms with van der Waals surface area (Å²) in [6.07, 6.45) is 3.86. The third kappa shape index (κ3) is 2.76. The van der Waals surface area contributed by atoms with Gasteiger partial charge in [0, 0.05) is 19.2 Å². The molecule has 1 N–H and O–H groups in total. The number of rotatable bonds is 5. The molecule has 0 amide bonds. The second-order valence-corrected chi connectivity index (χ2v) is 4.00. The molecule has 1 fully saturated rings. The predicted octanol–water partition coefficient (Wildman–Crippen LogP) is 1.80. The van der Waals surface area contributed by atoms with Crippen LogP contribution >= 0.6 is 0 Å². The van der Waals surface area contributed by atoms with Gasteiger partial charge in [0.15, 0.2) is 0 Å². The molecule has 1 rings (SSSR count). The highest BCUT2D eigenvalue weighted by Gasteiger charge is 2.26. The Morgan fingerprint density at radius 3 is 2.58 bits per heavy atom. The van der Waals surface area contributed by atoms with Crippen molar-refractivity contribution in [3.05, 3.63) is 0 Å². The van der Waals surface area contributed by atoms with E-state index in [0.29, 0.717) is 6.04 Å². The van der Waals surface area contributed by atoms with Gasteiger partial charge in [-0.25, -0.2) is 0 Å². The minimum Gasteiger partial charge on any atom is -0.383 e. The van der Waals surface area contributed by atoms with Crippen LogP contribution in [-0.4, -0.2) is 25.8 Å². The van der Waals surface area contributed by atoms with Crippen LogP contribution in [0.2, 0.25) is 0 Å². The summed E-state index contributed by atoms with van der Waals surface area (Å²) >= 11 is 0. The van der Waals surface area contributed by atoms with E-state index in [2.05, 4.69) is 19.2 Å². The van der Waals surface area contributed by atoms with Crippen molar-refractivity contribution in [2.45, 2.75) is 45.2 Å². The molecule has 0 radical (unpaired) electrons. The Morgan fingerprint density at radius 2 is 2.17 bits per heavy atom. The number of nitrogens with one attached hydrogen (secondary N) is 1. The summed E-state index contributed by atoms with van der Waals surface area (Å²) in [6, 6.07) is 1.33. The van der Waals surface area contributed by atoms with Crippen LogP contribution in [0.4, 0.5) is 0 Å². The van der Waals surface area contributed by atoms with Gasteiger partial charge in [-0.15, -0.1) is 0 Å². The molecule has 1 aliphatic carbocycles. The predicted molar refractivity (Wildman–Crippen MR) is 51.3 cm³/mol. The van der Waals surface area contributed by atoms with Crippen molar-refractivity contribution in [1.82, 2.24) is 5.32 Å². The minimum absolute atomic E-state index is 0.562. The zero-order chi connectivity index (χ0) is 8.97. The molecule has 0 aliphatic heterocycles. The molecular weight excluding hydrogens is 150 g/mol. The fourth-order valence-corrected chi connectivity index (χ4v) is 1.86. The van der Waals surface area contributed by atoms with Crippen LogP contribution in [0.5, 0.6) is 0 Å². The number of ether oxygens (including phenoxy) is 1. The van der Waals surface area contributed by atoms with E-state index in [-0.39, 0.29) is 0 Å². The van der Waals surface area contributed by atoms with Gasteiger partial charge in [-0.1, -0.05) is 13.8 Å². The van der Waals surface area contributed by atoms with E-state index in [0.717, 1.165) is 18.6 Å². The maximum atomic E-state index is 5.13. The lowest BCUT2D eigenvalue weighted by molar-refractivity contribution is 0.136. The molecule has 1 atom stereocenters. The molecule has 0 aromatic rings. The van der Waals surface area contributed by atoms with Crippen molar-refractivity contribution in [2.24, 2.45) is 5.92 Å². The largest absolute Gasteiger partial charge is 0.383 e. The Balaban J connectivity index is 2.10. The van der Waals surface area contributed by atoms with Gasteiger partial charge in [-0.05, 0) is 25.2 Å². The maximum absolute atomic E-state index is 5.13. The van der Waals surface area contributed by atoms with Gasteiger partial charge in [0.25, 0.3) is 0 Å². The SMILES string of the molecule is CCC(COC)NC1CC(C)C1. The molecule has 0 saturated heterocycles. The van der Waals surface area contributed by atoms with Crippen LogP contribution in [0.25, 0.3) is 0 Å². The molecule has 1 aliphatic rings. The van der Waals surface area contributed by atoms with Crippen LogP contribution in [0, 0.1) is 5.92 Å². The zero-order valence-corrected chi connectivity index (χ0v) is 8.47. The van der Waals surface area contributed by atoms with Crippen LogP contribution in [0.3, 0.4) is 0 Å². The molecule has 2 heteroatoms. The van der Waals surface area contributed by atoms with Crippen molar-refractivity contribution >= 4 is 0 Å². The molecule has 1 saturated carbocycles. The first-order valence-electron chi connectivity index (χ1n) is 5.01. The highest BCUT2D eigenvalue weighted by atomic mass is 16.5. The lowest BCUT2D eigenvalue weighted by Crippen LogP contribution is -2.47. The first-order valence-corrected chi connectivity index (χ1v) is 5.01. The zero-order valence-electron chi connectivity index (χ0n) is 8.47. The summed E-state index contributed by atoms with van der Waals surface area (Å²) in [5, 5.41) is 3.61. The molecular formula is C10H21NO. The first-order chi connectivity index (χ1) is 5.76. The highest BCUT2D eigenvalue weighted by molar-refractivity contribution is 4.84. The molecule has 2 nitrogen and oxygen atoms in total. The molecule has 72 valence electrons. The van der Waals surface area contributed by atoms with Crippen molar-refractivity contribution < 1.29 is 4.74 Å². The molecule has 0 heterocycles. The molecule has 0 bridgehead atoms. The van der Waals surface area contributed by atoms with Crippen LogP contribution in [0.1, 0.15) is 33.1 Å². The van der Waals surface area contributed by atoms with Crippen LogP contribution in [-0.2, 0) is 4.74 Å². The minimum atomic E-state index is 0.562. The lowest BCUT2D eigenvalue weighted by atomic mass is 9.81. The Labute approximate surface area is 75.7 Å². The quantitative estimate of drug-likeness (QED) is 0.681. The van der Waals surface area contributed by atoms with Crippen LogP contribution < -0.4 is 5.32 Å². The normalized spacial score (nSPS) is 31.2. The summed E-state index contributed by atoms with van der Waals surface area (Å²) < 4.78 is 5.13. The Hall–Kier alpha value is -0.0800. The monoisotopic (exact) mass is 171 g/mol. The van der Waals surface area contributed by atoms with Gasteiger partial charge in [-0.2, -0.15) is 0 Å². The molecule has 12 heavy (non-hydrogen) atoms. The Kier molecular flexibility index (Phi) is 4.02. The van der Waals surface area contributed by atoms with E-state index in [4.69, 9.17) is 4.74 Å². The van der Waals surface area contributed by atoms with E-state index < -0.39 is 0 Å². The van der Waals surface area contributed by atoms with Crippen molar-refractivity contribution in [3.63, 3.8) is 0 Å². The van der Waals surface area contributed by atoms with E-state index in [9.17, 15) is 0 Å². The average molecular weight is 171 g/mol. The standard InChI is InChI=1S/C10H21NO/c1-4-9(7-12-3)11-10-5-8(2)6-10/h8-11H,4-7H2,1-3H3. The van der Waals surface area contributed by atoms with E-state index >= 15 is 0 Å². The second-order valence-electron chi connectivity index (χ2n) is 4.00. The van der Waals surface area contributed by atoms with E-state index in [1.807, 2.05) is 0 Å². The summed E-state index contributed by atoms with van der Waals surface area (Å²) in [4.78, 5) is 0. The first kappa shape index (κ1) is 10.0. The van der Waals surface area contributed by atoms with E-state index in [1.54, 1.807) is 7.11 Å². The molecule has 0 spiro atoms. The summed E-state index contributed by atoms with van der Waals surface area (Å²) in [7, 11) is 1.77. The summed E-state index contributed by atoms with van der Waals surface area (Å²) in [5.41, 5.74) is 0. The molecule has 1 unspecified atom stereocenters. The number of hydrogen-bond acceptors (Lipinski definition) is 2. The third-order valence-corrected chi connectivity index (χ3v) is 2.71. The van der Waals surface area contributed by atoms with Crippen molar-refractivity contribution in [3.8, 4) is 0 Å². The van der Waals surface area contributed by atoms with Gasteiger partial charge < -0.3 is 10.1 Å². The Bertz CT molecular complexity index is 121. The van der Waals surface area contributed by atoms with Gasteiger partial charge in [0.1, 0.15) is 0 Å².